The van der Waals surface area contributed by atoms with Crippen molar-refractivity contribution in [2.75, 3.05) is 13.1 Å². The first-order chi connectivity index (χ1) is 8.41. The number of carboxylic acids is 1. The molecule has 1 atom stereocenters. The van der Waals surface area contributed by atoms with E-state index >= 15 is 0 Å². The van der Waals surface area contributed by atoms with Gasteiger partial charge in [0, 0.05) is 25.8 Å². The summed E-state index contributed by atoms with van der Waals surface area (Å²) >= 11 is 0. The van der Waals surface area contributed by atoms with Crippen LogP contribution >= 0.6 is 0 Å². The number of carbonyl (C=O) groups is 4. The molecule has 0 aromatic heterocycles. The SMILES string of the molecule is O=C(CCN1C(=O)CCC1=O)NCC(O)C(=O)O. The van der Waals surface area contributed by atoms with Crippen LogP contribution in [0.1, 0.15) is 19.3 Å². The quantitative estimate of drug-likeness (QED) is 0.477. The Balaban J connectivity index is 2.27. The lowest BCUT2D eigenvalue weighted by Crippen LogP contribution is -2.38. The first-order valence-corrected chi connectivity index (χ1v) is 5.42. The Kier molecular flexibility index (Phi) is 4.78. The fourth-order valence-electron chi connectivity index (χ4n) is 1.47. The van der Waals surface area contributed by atoms with Crippen LogP contribution in [0.25, 0.3) is 0 Å². The number of nitrogens with one attached hydrogen (secondary N) is 1. The van der Waals surface area contributed by atoms with Gasteiger partial charge in [0.15, 0.2) is 6.10 Å². The molecule has 0 saturated carbocycles. The molecule has 3 N–H and O–H groups in total. The van der Waals surface area contributed by atoms with Crippen molar-refractivity contribution in [3.63, 3.8) is 0 Å². The fraction of sp³-hybridized carbons (Fsp3) is 0.600. The normalized spacial score (nSPS) is 16.8. The number of aliphatic hydroxyl groups is 1. The molecular formula is C10H14N2O6. The number of hydrogen-bond acceptors (Lipinski definition) is 5. The molecule has 0 bridgehead atoms. The molecule has 1 saturated heterocycles. The Labute approximate surface area is 103 Å². The summed E-state index contributed by atoms with van der Waals surface area (Å²) in [7, 11) is 0. The third-order valence-corrected chi connectivity index (χ3v) is 2.49. The summed E-state index contributed by atoms with van der Waals surface area (Å²) < 4.78 is 0. The second kappa shape index (κ2) is 6.10. The van der Waals surface area contributed by atoms with Crippen molar-refractivity contribution in [1.82, 2.24) is 10.2 Å². The molecule has 100 valence electrons. The van der Waals surface area contributed by atoms with E-state index in [0.717, 1.165) is 4.90 Å². The highest BCUT2D eigenvalue weighted by Gasteiger charge is 2.28. The highest BCUT2D eigenvalue weighted by atomic mass is 16.4. The van der Waals surface area contributed by atoms with Gasteiger partial charge < -0.3 is 15.5 Å². The monoisotopic (exact) mass is 258 g/mol. The number of aliphatic carboxylic acids is 1. The zero-order valence-electron chi connectivity index (χ0n) is 9.59. The summed E-state index contributed by atoms with van der Waals surface area (Å²) in [6.45, 7) is -0.428. The summed E-state index contributed by atoms with van der Waals surface area (Å²) in [5, 5.41) is 19.5. The molecule has 1 fully saturated rings. The number of carboxylic acid groups (broad SMARTS) is 1. The average molecular weight is 258 g/mol. The van der Waals surface area contributed by atoms with Gasteiger partial charge >= 0.3 is 5.97 Å². The zero-order valence-corrected chi connectivity index (χ0v) is 9.59. The van der Waals surface area contributed by atoms with E-state index in [1.165, 1.54) is 0 Å². The average Bonchev–Trinajstić information content (AvgIpc) is 2.63. The standard InChI is InChI=1S/C10H14N2O6/c13-6(10(17)18)5-11-7(14)3-4-12-8(15)1-2-9(12)16/h6,13H,1-5H2,(H,11,14)(H,17,18). The third kappa shape index (κ3) is 3.81. The summed E-state index contributed by atoms with van der Waals surface area (Å²) in [5.41, 5.74) is 0. The molecule has 0 spiro atoms. The van der Waals surface area contributed by atoms with Crippen molar-refractivity contribution >= 4 is 23.7 Å². The highest BCUT2D eigenvalue weighted by Crippen LogP contribution is 2.11. The van der Waals surface area contributed by atoms with Crippen LogP contribution in [0.15, 0.2) is 0 Å². The number of carbonyl (C=O) groups excluding carboxylic acids is 3. The number of amides is 3. The van der Waals surface area contributed by atoms with Gasteiger partial charge in [-0.15, -0.1) is 0 Å². The van der Waals surface area contributed by atoms with E-state index in [9.17, 15) is 19.2 Å². The van der Waals surface area contributed by atoms with Crippen molar-refractivity contribution in [1.29, 1.82) is 0 Å². The molecule has 1 aliphatic heterocycles. The largest absolute Gasteiger partial charge is 0.479 e. The molecule has 0 radical (unpaired) electrons. The van der Waals surface area contributed by atoms with Gasteiger partial charge in [-0.05, 0) is 0 Å². The Morgan fingerprint density at radius 3 is 2.33 bits per heavy atom. The van der Waals surface area contributed by atoms with Crippen LogP contribution in [-0.2, 0) is 19.2 Å². The van der Waals surface area contributed by atoms with Crippen LogP contribution in [0.2, 0.25) is 0 Å². The van der Waals surface area contributed by atoms with Crippen LogP contribution < -0.4 is 5.32 Å². The highest BCUT2D eigenvalue weighted by molar-refractivity contribution is 6.02. The number of imide groups is 1. The first-order valence-electron chi connectivity index (χ1n) is 5.42. The van der Waals surface area contributed by atoms with Crippen molar-refractivity contribution in [3.05, 3.63) is 0 Å². The Morgan fingerprint density at radius 2 is 1.83 bits per heavy atom. The van der Waals surface area contributed by atoms with Gasteiger partial charge in [0.2, 0.25) is 17.7 Å². The predicted octanol–water partition coefficient (Wildman–Crippen LogP) is -1.91. The molecule has 0 aromatic carbocycles. The lowest BCUT2D eigenvalue weighted by atomic mass is 10.3. The Morgan fingerprint density at radius 1 is 1.28 bits per heavy atom. The topological polar surface area (TPSA) is 124 Å². The number of nitrogens with zero attached hydrogens (tertiary/aromatic N) is 1. The fourth-order valence-corrected chi connectivity index (χ4v) is 1.47. The molecule has 1 aliphatic rings. The number of likely N-dealkylation sites (tertiary alicyclic amines) is 1. The van der Waals surface area contributed by atoms with Crippen molar-refractivity contribution in [2.24, 2.45) is 0 Å². The molecule has 3 amide bonds. The van der Waals surface area contributed by atoms with Gasteiger partial charge in [0.1, 0.15) is 0 Å². The van der Waals surface area contributed by atoms with Gasteiger partial charge in [-0.1, -0.05) is 0 Å². The van der Waals surface area contributed by atoms with Crippen LogP contribution in [0, 0.1) is 0 Å². The van der Waals surface area contributed by atoms with Crippen molar-refractivity contribution in [2.45, 2.75) is 25.4 Å². The summed E-state index contributed by atoms with van der Waals surface area (Å²) in [6.07, 6.45) is -1.44. The van der Waals surface area contributed by atoms with E-state index < -0.39 is 24.5 Å². The lowest BCUT2D eigenvalue weighted by molar-refractivity contribution is -0.146. The zero-order chi connectivity index (χ0) is 13.7. The second-order valence-electron chi connectivity index (χ2n) is 3.85. The molecule has 1 rings (SSSR count). The summed E-state index contributed by atoms with van der Waals surface area (Å²) in [6, 6.07) is 0. The van der Waals surface area contributed by atoms with Gasteiger partial charge in [0.05, 0.1) is 6.54 Å². The smallest absolute Gasteiger partial charge is 0.334 e. The van der Waals surface area contributed by atoms with E-state index in [0.29, 0.717) is 0 Å². The molecule has 18 heavy (non-hydrogen) atoms. The van der Waals surface area contributed by atoms with Gasteiger partial charge in [-0.3, -0.25) is 19.3 Å². The van der Waals surface area contributed by atoms with Gasteiger partial charge in [0.25, 0.3) is 0 Å². The minimum atomic E-state index is -1.66. The van der Waals surface area contributed by atoms with Crippen LogP contribution in [0.5, 0.6) is 0 Å². The van der Waals surface area contributed by atoms with Gasteiger partial charge in [-0.2, -0.15) is 0 Å². The van der Waals surface area contributed by atoms with E-state index in [1.807, 2.05) is 0 Å². The van der Waals surface area contributed by atoms with Crippen molar-refractivity contribution < 1.29 is 29.4 Å². The van der Waals surface area contributed by atoms with Crippen LogP contribution in [0.3, 0.4) is 0 Å². The Bertz CT molecular complexity index is 365. The third-order valence-electron chi connectivity index (χ3n) is 2.49. The minimum Gasteiger partial charge on any atom is -0.479 e. The molecule has 1 heterocycles. The summed E-state index contributed by atoms with van der Waals surface area (Å²) in [4.78, 5) is 45.0. The maximum Gasteiger partial charge on any atom is 0.334 e. The van der Waals surface area contributed by atoms with Crippen LogP contribution in [-0.4, -0.2) is 58.0 Å². The maximum atomic E-state index is 11.3. The maximum absolute atomic E-state index is 11.3. The molecule has 0 aliphatic carbocycles. The Hall–Kier alpha value is -1.96. The molecule has 8 nitrogen and oxygen atoms in total. The first kappa shape index (κ1) is 14.1. The number of aliphatic hydroxyl groups excluding tert-OH is 1. The number of hydrogen-bond donors (Lipinski definition) is 3. The predicted molar refractivity (Wildman–Crippen MR) is 57.2 cm³/mol. The minimum absolute atomic E-state index is 0.0212. The second-order valence-corrected chi connectivity index (χ2v) is 3.85. The van der Waals surface area contributed by atoms with E-state index in [4.69, 9.17) is 10.2 Å². The van der Waals surface area contributed by atoms with Crippen LogP contribution in [0.4, 0.5) is 0 Å². The lowest BCUT2D eigenvalue weighted by Gasteiger charge is -2.13. The van der Waals surface area contributed by atoms with E-state index in [1.54, 1.807) is 0 Å². The molecular weight excluding hydrogens is 244 g/mol. The molecule has 1 unspecified atom stereocenters. The van der Waals surface area contributed by atoms with E-state index in [2.05, 4.69) is 5.32 Å². The molecule has 0 aromatic rings. The van der Waals surface area contributed by atoms with Crippen molar-refractivity contribution in [3.8, 4) is 0 Å². The van der Waals surface area contributed by atoms with E-state index in [-0.39, 0.29) is 37.6 Å². The van der Waals surface area contributed by atoms with Gasteiger partial charge in [-0.25, -0.2) is 4.79 Å². The summed E-state index contributed by atoms with van der Waals surface area (Å²) in [5.74, 6) is -2.57. The number of rotatable bonds is 6. The molecule has 8 heteroatoms.